The summed E-state index contributed by atoms with van der Waals surface area (Å²) in [5.41, 5.74) is 1.05. The first-order valence-corrected chi connectivity index (χ1v) is 7.45. The molecule has 3 nitrogen and oxygen atoms in total. The van der Waals surface area contributed by atoms with Crippen LogP contribution in [-0.2, 0) is 6.54 Å². The van der Waals surface area contributed by atoms with E-state index in [0.29, 0.717) is 22.6 Å². The average molecular weight is 303 g/mol. The van der Waals surface area contributed by atoms with Crippen LogP contribution >= 0.6 is 23.2 Å². The molecule has 0 aliphatic carbocycles. The van der Waals surface area contributed by atoms with Crippen molar-refractivity contribution in [3.8, 4) is 0 Å². The molecule has 1 aliphatic heterocycles. The zero-order valence-electron chi connectivity index (χ0n) is 10.9. The predicted molar refractivity (Wildman–Crippen MR) is 79.8 cm³/mol. The number of hydrogen-bond acceptors (Lipinski definition) is 3. The van der Waals surface area contributed by atoms with Crippen molar-refractivity contribution < 1.29 is 5.11 Å². The first-order valence-electron chi connectivity index (χ1n) is 6.69. The molecular weight excluding hydrogens is 283 g/mol. The molecule has 1 aliphatic rings. The van der Waals surface area contributed by atoms with Crippen LogP contribution in [-0.4, -0.2) is 42.3 Å². The van der Waals surface area contributed by atoms with Gasteiger partial charge in [0.25, 0.3) is 0 Å². The van der Waals surface area contributed by atoms with Crippen molar-refractivity contribution in [2.75, 3.05) is 26.2 Å². The van der Waals surface area contributed by atoms with E-state index in [9.17, 15) is 5.11 Å². The molecule has 1 aromatic rings. The zero-order chi connectivity index (χ0) is 13.7. The van der Waals surface area contributed by atoms with Crippen molar-refractivity contribution in [1.29, 1.82) is 0 Å². The molecule has 2 N–H and O–H groups in total. The molecule has 0 amide bonds. The summed E-state index contributed by atoms with van der Waals surface area (Å²) in [6.07, 6.45) is 2.44. The standard InChI is InChI=1S/C14H20Cl2N2O/c15-12-4-3-11(14(16)8-12)9-18(6-7-19)10-13-2-1-5-17-13/h3-4,8,13,17,19H,1-2,5-7,9-10H2. The van der Waals surface area contributed by atoms with Crippen molar-refractivity contribution in [3.05, 3.63) is 33.8 Å². The highest BCUT2D eigenvalue weighted by Crippen LogP contribution is 2.22. The van der Waals surface area contributed by atoms with E-state index in [1.165, 1.54) is 12.8 Å². The van der Waals surface area contributed by atoms with E-state index in [-0.39, 0.29) is 6.61 Å². The maximum Gasteiger partial charge on any atom is 0.0558 e. The van der Waals surface area contributed by atoms with Crippen LogP contribution in [0.15, 0.2) is 18.2 Å². The predicted octanol–water partition coefficient (Wildman–Crippen LogP) is 2.54. The van der Waals surface area contributed by atoms with Crippen molar-refractivity contribution in [3.63, 3.8) is 0 Å². The van der Waals surface area contributed by atoms with E-state index in [1.807, 2.05) is 12.1 Å². The third-order valence-electron chi connectivity index (χ3n) is 3.47. The highest BCUT2D eigenvalue weighted by atomic mass is 35.5. The third kappa shape index (κ3) is 4.62. The summed E-state index contributed by atoms with van der Waals surface area (Å²) in [6, 6.07) is 6.10. The zero-order valence-corrected chi connectivity index (χ0v) is 12.4. The highest BCUT2D eigenvalue weighted by molar-refractivity contribution is 6.35. The second-order valence-electron chi connectivity index (χ2n) is 4.99. The second kappa shape index (κ2) is 7.46. The number of aliphatic hydroxyl groups is 1. The Hall–Kier alpha value is -0.320. The minimum Gasteiger partial charge on any atom is -0.395 e. The van der Waals surface area contributed by atoms with Crippen LogP contribution < -0.4 is 5.32 Å². The van der Waals surface area contributed by atoms with Gasteiger partial charge in [0.05, 0.1) is 6.61 Å². The van der Waals surface area contributed by atoms with Gasteiger partial charge in [-0.25, -0.2) is 0 Å². The fourth-order valence-electron chi connectivity index (χ4n) is 2.49. The topological polar surface area (TPSA) is 35.5 Å². The van der Waals surface area contributed by atoms with Gasteiger partial charge in [-0.05, 0) is 37.1 Å². The Morgan fingerprint density at radius 2 is 2.21 bits per heavy atom. The minimum atomic E-state index is 0.165. The van der Waals surface area contributed by atoms with E-state index < -0.39 is 0 Å². The molecule has 0 spiro atoms. The molecular formula is C14H20Cl2N2O. The van der Waals surface area contributed by atoms with Gasteiger partial charge in [-0.15, -0.1) is 0 Å². The van der Waals surface area contributed by atoms with Gasteiger partial charge in [-0.1, -0.05) is 29.3 Å². The lowest BCUT2D eigenvalue weighted by molar-refractivity contribution is 0.179. The molecule has 19 heavy (non-hydrogen) atoms. The number of nitrogens with zero attached hydrogens (tertiary/aromatic N) is 1. The fourth-order valence-corrected chi connectivity index (χ4v) is 2.96. The Morgan fingerprint density at radius 3 is 2.84 bits per heavy atom. The van der Waals surface area contributed by atoms with Gasteiger partial charge < -0.3 is 10.4 Å². The van der Waals surface area contributed by atoms with Gasteiger partial charge in [0.2, 0.25) is 0 Å². The Kier molecular flexibility index (Phi) is 5.92. The maximum absolute atomic E-state index is 9.19. The van der Waals surface area contributed by atoms with Gasteiger partial charge in [-0.2, -0.15) is 0 Å². The summed E-state index contributed by atoms with van der Waals surface area (Å²) < 4.78 is 0. The van der Waals surface area contributed by atoms with Crippen LogP contribution in [0.4, 0.5) is 0 Å². The molecule has 0 aromatic heterocycles. The van der Waals surface area contributed by atoms with Gasteiger partial charge >= 0.3 is 0 Å². The summed E-state index contributed by atoms with van der Waals surface area (Å²) in [7, 11) is 0. The normalized spacial score (nSPS) is 19.3. The molecule has 2 rings (SSSR count). The van der Waals surface area contributed by atoms with Crippen LogP contribution in [0.2, 0.25) is 10.0 Å². The van der Waals surface area contributed by atoms with Gasteiger partial charge in [0.1, 0.15) is 0 Å². The van der Waals surface area contributed by atoms with Crippen LogP contribution in [0, 0.1) is 0 Å². The SMILES string of the molecule is OCCN(Cc1ccc(Cl)cc1Cl)CC1CCCN1. The summed E-state index contributed by atoms with van der Waals surface area (Å²) in [6.45, 7) is 3.61. The molecule has 106 valence electrons. The maximum atomic E-state index is 9.19. The van der Waals surface area contributed by atoms with E-state index >= 15 is 0 Å². The van der Waals surface area contributed by atoms with E-state index in [1.54, 1.807) is 6.07 Å². The average Bonchev–Trinajstić information content (AvgIpc) is 2.86. The molecule has 0 bridgehead atoms. The fraction of sp³-hybridized carbons (Fsp3) is 0.571. The Morgan fingerprint density at radius 1 is 1.37 bits per heavy atom. The van der Waals surface area contributed by atoms with Gasteiger partial charge in [0, 0.05) is 35.7 Å². The summed E-state index contributed by atoms with van der Waals surface area (Å²) in [4.78, 5) is 2.23. The molecule has 5 heteroatoms. The highest BCUT2D eigenvalue weighted by Gasteiger charge is 2.18. The minimum absolute atomic E-state index is 0.165. The van der Waals surface area contributed by atoms with Gasteiger partial charge in [-0.3, -0.25) is 4.90 Å². The van der Waals surface area contributed by atoms with Crippen LogP contribution in [0.1, 0.15) is 18.4 Å². The Labute approximate surface area is 124 Å². The smallest absolute Gasteiger partial charge is 0.0558 e. The molecule has 1 unspecified atom stereocenters. The third-order valence-corrected chi connectivity index (χ3v) is 4.05. The van der Waals surface area contributed by atoms with Crippen LogP contribution in [0.3, 0.4) is 0 Å². The molecule has 0 saturated carbocycles. The summed E-state index contributed by atoms with van der Waals surface area (Å²) in [5.74, 6) is 0. The monoisotopic (exact) mass is 302 g/mol. The molecule has 1 aromatic carbocycles. The second-order valence-corrected chi connectivity index (χ2v) is 5.83. The Bertz CT molecular complexity index is 408. The van der Waals surface area contributed by atoms with E-state index in [4.69, 9.17) is 23.2 Å². The lowest BCUT2D eigenvalue weighted by Gasteiger charge is -2.25. The lowest BCUT2D eigenvalue weighted by atomic mass is 10.1. The van der Waals surface area contributed by atoms with Crippen molar-refractivity contribution >= 4 is 23.2 Å². The van der Waals surface area contributed by atoms with Gasteiger partial charge in [0.15, 0.2) is 0 Å². The first-order chi connectivity index (χ1) is 9.19. The lowest BCUT2D eigenvalue weighted by Crippen LogP contribution is -2.38. The van der Waals surface area contributed by atoms with E-state index in [0.717, 1.165) is 25.2 Å². The number of aliphatic hydroxyl groups excluding tert-OH is 1. The molecule has 0 radical (unpaired) electrons. The largest absolute Gasteiger partial charge is 0.395 e. The molecule has 1 atom stereocenters. The van der Waals surface area contributed by atoms with Crippen LogP contribution in [0.5, 0.6) is 0 Å². The first kappa shape index (κ1) is 15.1. The Balaban J connectivity index is 1.98. The number of nitrogens with one attached hydrogen (secondary N) is 1. The van der Waals surface area contributed by atoms with Crippen molar-refractivity contribution in [1.82, 2.24) is 10.2 Å². The molecule has 1 heterocycles. The van der Waals surface area contributed by atoms with Crippen molar-refractivity contribution in [2.24, 2.45) is 0 Å². The summed E-state index contributed by atoms with van der Waals surface area (Å²) >= 11 is 12.1. The molecule has 1 fully saturated rings. The number of hydrogen-bond donors (Lipinski definition) is 2. The van der Waals surface area contributed by atoms with Crippen LogP contribution in [0.25, 0.3) is 0 Å². The molecule has 1 saturated heterocycles. The summed E-state index contributed by atoms with van der Waals surface area (Å²) in [5, 5.41) is 14.0. The van der Waals surface area contributed by atoms with E-state index in [2.05, 4.69) is 10.2 Å². The number of rotatable bonds is 6. The number of halogens is 2. The van der Waals surface area contributed by atoms with Crippen molar-refractivity contribution in [2.45, 2.75) is 25.4 Å². The quantitative estimate of drug-likeness (QED) is 0.848. The number of benzene rings is 1.